The molecule has 2 fully saturated rings. The van der Waals surface area contributed by atoms with Gasteiger partial charge in [-0.2, -0.15) is 0 Å². The van der Waals surface area contributed by atoms with Gasteiger partial charge in [0.1, 0.15) is 11.5 Å². The fraction of sp³-hybridized carbons (Fsp3) is 0.500. The van der Waals surface area contributed by atoms with Crippen molar-refractivity contribution < 1.29 is 14.3 Å². The Hall–Kier alpha value is -2.64. The summed E-state index contributed by atoms with van der Waals surface area (Å²) in [5.41, 5.74) is 3.41. The number of carbonyl (C=O) groups excluding carboxylic acids is 1. The van der Waals surface area contributed by atoms with Gasteiger partial charge in [-0.15, -0.1) is 0 Å². The van der Waals surface area contributed by atoms with E-state index in [0.29, 0.717) is 6.54 Å². The number of likely N-dealkylation sites (tertiary alicyclic amines) is 1. The number of amides is 2. The number of rotatable bonds is 6. The first kappa shape index (κ1) is 24.5. The number of hydrogen-bond acceptors (Lipinski definition) is 5. The molecule has 1 N–H and O–H groups in total. The second-order valence-corrected chi connectivity index (χ2v) is 9.51. The zero-order valence-electron chi connectivity index (χ0n) is 20.3. The molecule has 1 unspecified atom stereocenters. The molecule has 0 saturated carbocycles. The van der Waals surface area contributed by atoms with E-state index in [1.807, 2.05) is 35.2 Å². The highest BCUT2D eigenvalue weighted by molar-refractivity contribution is 6.31. The number of urea groups is 1. The van der Waals surface area contributed by atoms with Crippen LogP contribution in [0.2, 0.25) is 5.02 Å². The van der Waals surface area contributed by atoms with E-state index < -0.39 is 0 Å². The van der Waals surface area contributed by atoms with E-state index in [2.05, 4.69) is 28.1 Å². The number of carbonyl (C=O) groups is 1. The van der Waals surface area contributed by atoms with E-state index in [0.717, 1.165) is 85.4 Å². The molecule has 184 valence electrons. The van der Waals surface area contributed by atoms with Gasteiger partial charge in [-0.3, -0.25) is 4.90 Å². The van der Waals surface area contributed by atoms with Gasteiger partial charge in [-0.05, 0) is 55.2 Å². The Morgan fingerprint density at radius 1 is 1.06 bits per heavy atom. The summed E-state index contributed by atoms with van der Waals surface area (Å²) >= 11 is 6.32. The lowest BCUT2D eigenvalue weighted by Gasteiger charge is -2.26. The van der Waals surface area contributed by atoms with Crippen LogP contribution in [0.15, 0.2) is 36.4 Å². The maximum absolute atomic E-state index is 13.0. The summed E-state index contributed by atoms with van der Waals surface area (Å²) in [5, 5.41) is 4.06. The van der Waals surface area contributed by atoms with Gasteiger partial charge < -0.3 is 24.6 Å². The number of anilines is 1. The zero-order valence-corrected chi connectivity index (χ0v) is 21.1. The minimum Gasteiger partial charge on any atom is -0.497 e. The summed E-state index contributed by atoms with van der Waals surface area (Å²) in [5.74, 6) is 1.59. The van der Waals surface area contributed by atoms with Crippen molar-refractivity contribution in [2.45, 2.75) is 32.4 Å². The van der Waals surface area contributed by atoms with Crippen LogP contribution in [-0.4, -0.2) is 75.4 Å². The molecule has 2 amide bonds. The van der Waals surface area contributed by atoms with Crippen molar-refractivity contribution in [1.29, 1.82) is 0 Å². The third-order valence-electron chi connectivity index (χ3n) is 6.78. The Labute approximate surface area is 207 Å². The van der Waals surface area contributed by atoms with Crippen LogP contribution in [0.4, 0.5) is 10.5 Å². The van der Waals surface area contributed by atoms with Crippen LogP contribution in [-0.2, 0) is 6.54 Å². The minimum absolute atomic E-state index is 0.0413. The third-order valence-corrected chi connectivity index (χ3v) is 7.19. The lowest BCUT2D eigenvalue weighted by molar-refractivity contribution is 0.197. The molecule has 0 radical (unpaired) electrons. The molecule has 2 aromatic carbocycles. The number of halogens is 1. The fourth-order valence-corrected chi connectivity index (χ4v) is 5.05. The molecule has 2 aromatic rings. The molecule has 8 heteroatoms. The van der Waals surface area contributed by atoms with Crippen LogP contribution in [0.1, 0.15) is 24.0 Å². The number of nitrogens with one attached hydrogen (secondary N) is 1. The highest BCUT2D eigenvalue weighted by atomic mass is 35.5. The predicted octanol–water partition coefficient (Wildman–Crippen LogP) is 4.16. The molecule has 1 atom stereocenters. The van der Waals surface area contributed by atoms with Crippen molar-refractivity contribution in [1.82, 2.24) is 15.1 Å². The third kappa shape index (κ3) is 5.88. The van der Waals surface area contributed by atoms with Gasteiger partial charge in [0, 0.05) is 68.6 Å². The Bertz CT molecular complexity index is 980. The van der Waals surface area contributed by atoms with Gasteiger partial charge in [0.15, 0.2) is 0 Å². The largest absolute Gasteiger partial charge is 0.497 e. The minimum atomic E-state index is 0.0413. The number of methoxy groups -OCH3 is 2. The van der Waals surface area contributed by atoms with Gasteiger partial charge in [-0.1, -0.05) is 17.7 Å². The van der Waals surface area contributed by atoms with E-state index >= 15 is 0 Å². The van der Waals surface area contributed by atoms with E-state index in [1.165, 1.54) is 0 Å². The molecular formula is C26H35ClN4O3. The van der Waals surface area contributed by atoms with Gasteiger partial charge in [0.2, 0.25) is 0 Å². The molecule has 2 heterocycles. The molecule has 0 bridgehead atoms. The monoisotopic (exact) mass is 486 g/mol. The maximum Gasteiger partial charge on any atom is 0.317 e. The second kappa shape index (κ2) is 11.2. The van der Waals surface area contributed by atoms with Crippen LogP contribution >= 0.6 is 11.6 Å². The Morgan fingerprint density at radius 3 is 2.56 bits per heavy atom. The molecule has 34 heavy (non-hydrogen) atoms. The summed E-state index contributed by atoms with van der Waals surface area (Å²) in [6, 6.07) is 12.2. The van der Waals surface area contributed by atoms with E-state index in [9.17, 15) is 4.79 Å². The predicted molar refractivity (Wildman–Crippen MR) is 136 cm³/mol. The topological polar surface area (TPSA) is 57.3 Å². The molecule has 4 rings (SSSR count). The standard InChI is InChI=1S/C26H35ClN4O3/c1-19-24(27)6-4-7-25(19)30-9-5-10-31(13-12-30)26(32)28-21-8-11-29(18-21)17-20-14-22(33-2)16-23(15-20)34-3/h4,6-7,14-16,21H,5,8-13,17-18H2,1-3H3,(H,28,32). The Balaban J connectivity index is 1.29. The van der Waals surface area contributed by atoms with Crippen molar-refractivity contribution >= 4 is 23.3 Å². The number of ether oxygens (including phenoxy) is 2. The first-order valence-electron chi connectivity index (χ1n) is 12.0. The maximum atomic E-state index is 13.0. The molecule has 0 spiro atoms. The van der Waals surface area contributed by atoms with Gasteiger partial charge >= 0.3 is 6.03 Å². The van der Waals surface area contributed by atoms with Gasteiger partial charge in [-0.25, -0.2) is 4.79 Å². The SMILES string of the molecule is COc1cc(CN2CCC(NC(=O)N3CCCN(c4cccc(Cl)c4C)CC3)C2)cc(OC)c1. The molecule has 7 nitrogen and oxygen atoms in total. The number of benzene rings is 2. The van der Waals surface area contributed by atoms with Crippen molar-refractivity contribution in [2.75, 3.05) is 58.4 Å². The number of hydrogen-bond donors (Lipinski definition) is 1. The highest BCUT2D eigenvalue weighted by Gasteiger charge is 2.27. The summed E-state index contributed by atoms with van der Waals surface area (Å²) < 4.78 is 10.8. The van der Waals surface area contributed by atoms with E-state index in [1.54, 1.807) is 14.2 Å². The Morgan fingerprint density at radius 2 is 1.82 bits per heavy atom. The van der Waals surface area contributed by atoms with E-state index in [4.69, 9.17) is 21.1 Å². The quantitative estimate of drug-likeness (QED) is 0.664. The van der Waals surface area contributed by atoms with Gasteiger partial charge in [0.25, 0.3) is 0 Å². The first-order chi connectivity index (χ1) is 16.5. The van der Waals surface area contributed by atoms with Crippen molar-refractivity contribution in [3.05, 3.63) is 52.5 Å². The molecule has 0 aromatic heterocycles. The summed E-state index contributed by atoms with van der Waals surface area (Å²) in [6.07, 6.45) is 1.89. The van der Waals surface area contributed by atoms with E-state index in [-0.39, 0.29) is 12.1 Å². The van der Waals surface area contributed by atoms with Crippen molar-refractivity contribution in [3.8, 4) is 11.5 Å². The molecule has 0 aliphatic carbocycles. The van der Waals surface area contributed by atoms with Crippen LogP contribution in [0, 0.1) is 6.92 Å². The van der Waals surface area contributed by atoms with Crippen molar-refractivity contribution in [3.63, 3.8) is 0 Å². The molecular weight excluding hydrogens is 452 g/mol. The molecule has 2 aliphatic rings. The summed E-state index contributed by atoms with van der Waals surface area (Å²) in [6.45, 7) is 7.85. The lowest BCUT2D eigenvalue weighted by atomic mass is 10.1. The second-order valence-electron chi connectivity index (χ2n) is 9.10. The molecule has 2 saturated heterocycles. The van der Waals surface area contributed by atoms with Crippen LogP contribution in [0.3, 0.4) is 0 Å². The van der Waals surface area contributed by atoms with Crippen LogP contribution in [0.5, 0.6) is 11.5 Å². The zero-order chi connectivity index (χ0) is 24.1. The summed E-state index contributed by atoms with van der Waals surface area (Å²) in [7, 11) is 3.33. The Kier molecular flexibility index (Phi) is 8.06. The normalized spacial score (nSPS) is 19.1. The first-order valence-corrected chi connectivity index (χ1v) is 12.3. The lowest BCUT2D eigenvalue weighted by Crippen LogP contribution is -2.47. The number of nitrogens with zero attached hydrogens (tertiary/aromatic N) is 3. The molecule has 2 aliphatic heterocycles. The fourth-order valence-electron chi connectivity index (χ4n) is 4.88. The van der Waals surface area contributed by atoms with Crippen LogP contribution in [0.25, 0.3) is 0 Å². The van der Waals surface area contributed by atoms with Crippen LogP contribution < -0.4 is 19.7 Å². The average molecular weight is 487 g/mol. The average Bonchev–Trinajstić information content (AvgIpc) is 3.12. The smallest absolute Gasteiger partial charge is 0.317 e. The summed E-state index contributed by atoms with van der Waals surface area (Å²) in [4.78, 5) is 19.7. The van der Waals surface area contributed by atoms with Crippen molar-refractivity contribution in [2.24, 2.45) is 0 Å². The highest BCUT2D eigenvalue weighted by Crippen LogP contribution is 2.28. The van der Waals surface area contributed by atoms with Gasteiger partial charge in [0.05, 0.1) is 14.2 Å².